The molecular weight excluding hydrogens is 117 g/mol. The average Bonchev–Trinajstić information content (AvgIpc) is 1.85. The van der Waals surface area contributed by atoms with Crippen molar-refractivity contribution in [1.82, 2.24) is 0 Å². The van der Waals surface area contributed by atoms with Crippen molar-refractivity contribution in [1.29, 1.82) is 0 Å². The molecule has 0 aromatic heterocycles. The van der Waals surface area contributed by atoms with Gasteiger partial charge in [-0.25, -0.2) is 4.39 Å². The Morgan fingerprint density at radius 3 is 2.78 bits per heavy atom. The van der Waals surface area contributed by atoms with Crippen LogP contribution in [0.15, 0.2) is 36.7 Å². The molecule has 0 heterocycles. The fourth-order valence-electron chi connectivity index (χ4n) is 0.341. The fraction of sp³-hybridized carbons (Fsp3) is 0.143. The van der Waals surface area contributed by atoms with E-state index < -0.39 is 0 Å². The molecule has 0 bridgehead atoms. The highest BCUT2D eigenvalue weighted by Gasteiger charge is 1.80. The standard InChI is InChI=1S/C7H10FN/c1-2-3-4-7(8)5-6-9/h2-5H,1,6,9H2/b4-3-,7-5+. The molecule has 0 fully saturated rings. The minimum atomic E-state index is -0.322. The van der Waals surface area contributed by atoms with Crippen LogP contribution in [0.5, 0.6) is 0 Å². The summed E-state index contributed by atoms with van der Waals surface area (Å²) in [7, 11) is 0. The maximum atomic E-state index is 12.2. The molecule has 0 spiro atoms. The van der Waals surface area contributed by atoms with Crippen LogP contribution >= 0.6 is 0 Å². The van der Waals surface area contributed by atoms with Gasteiger partial charge in [-0.2, -0.15) is 0 Å². The molecule has 0 amide bonds. The van der Waals surface area contributed by atoms with Crippen LogP contribution in [0.3, 0.4) is 0 Å². The Kier molecular flexibility index (Phi) is 4.73. The van der Waals surface area contributed by atoms with Gasteiger partial charge in [-0.3, -0.25) is 0 Å². The van der Waals surface area contributed by atoms with Crippen molar-refractivity contribution >= 4 is 0 Å². The van der Waals surface area contributed by atoms with Crippen LogP contribution in [0.1, 0.15) is 0 Å². The Balaban J connectivity index is 3.74. The topological polar surface area (TPSA) is 26.0 Å². The van der Waals surface area contributed by atoms with Crippen LogP contribution in [0, 0.1) is 0 Å². The molecule has 9 heavy (non-hydrogen) atoms. The predicted molar refractivity (Wildman–Crippen MR) is 37.6 cm³/mol. The Morgan fingerprint density at radius 2 is 2.33 bits per heavy atom. The largest absolute Gasteiger partial charge is 0.327 e. The van der Waals surface area contributed by atoms with Crippen molar-refractivity contribution in [3.8, 4) is 0 Å². The molecule has 0 atom stereocenters. The van der Waals surface area contributed by atoms with Gasteiger partial charge in [-0.1, -0.05) is 18.7 Å². The first-order valence-corrected chi connectivity index (χ1v) is 2.66. The molecule has 0 rings (SSSR count). The summed E-state index contributed by atoms with van der Waals surface area (Å²) < 4.78 is 12.2. The van der Waals surface area contributed by atoms with Crippen molar-refractivity contribution in [3.63, 3.8) is 0 Å². The van der Waals surface area contributed by atoms with Gasteiger partial charge in [-0.05, 0) is 12.2 Å². The van der Waals surface area contributed by atoms with Crippen molar-refractivity contribution in [2.45, 2.75) is 0 Å². The minimum absolute atomic E-state index is 0.229. The summed E-state index contributed by atoms with van der Waals surface area (Å²) in [6.45, 7) is 3.61. The highest BCUT2D eigenvalue weighted by atomic mass is 19.1. The van der Waals surface area contributed by atoms with Crippen molar-refractivity contribution < 1.29 is 4.39 Å². The number of hydrogen-bond acceptors (Lipinski definition) is 1. The summed E-state index contributed by atoms with van der Waals surface area (Å²) in [5, 5.41) is 0. The van der Waals surface area contributed by atoms with Crippen molar-refractivity contribution in [2.24, 2.45) is 5.73 Å². The second kappa shape index (κ2) is 5.25. The summed E-state index contributed by atoms with van der Waals surface area (Å²) in [6, 6.07) is 0. The molecule has 2 heteroatoms. The van der Waals surface area contributed by atoms with E-state index >= 15 is 0 Å². The summed E-state index contributed by atoms with van der Waals surface area (Å²) in [5.41, 5.74) is 5.03. The number of rotatable bonds is 3. The molecule has 0 radical (unpaired) electrons. The molecule has 0 aliphatic rings. The van der Waals surface area contributed by atoms with Crippen LogP contribution < -0.4 is 5.73 Å². The van der Waals surface area contributed by atoms with Gasteiger partial charge in [0.05, 0.1) is 0 Å². The van der Waals surface area contributed by atoms with E-state index in [0.29, 0.717) is 0 Å². The Hall–Kier alpha value is -0.890. The third-order valence-electron chi connectivity index (χ3n) is 0.704. The molecule has 0 aliphatic carbocycles. The van der Waals surface area contributed by atoms with Gasteiger partial charge >= 0.3 is 0 Å². The molecule has 0 aromatic carbocycles. The van der Waals surface area contributed by atoms with Gasteiger partial charge in [0, 0.05) is 6.54 Å². The Morgan fingerprint density at radius 1 is 1.67 bits per heavy atom. The lowest BCUT2D eigenvalue weighted by Gasteiger charge is -1.81. The maximum Gasteiger partial charge on any atom is 0.120 e. The zero-order valence-corrected chi connectivity index (χ0v) is 5.18. The van der Waals surface area contributed by atoms with Crippen molar-refractivity contribution in [2.75, 3.05) is 6.54 Å². The number of nitrogens with two attached hydrogens (primary N) is 1. The lowest BCUT2D eigenvalue weighted by atomic mass is 10.4. The number of hydrogen-bond donors (Lipinski definition) is 1. The van der Waals surface area contributed by atoms with Crippen LogP contribution in [0.2, 0.25) is 0 Å². The molecule has 0 saturated carbocycles. The smallest absolute Gasteiger partial charge is 0.120 e. The van der Waals surface area contributed by atoms with Gasteiger partial charge in [0.15, 0.2) is 0 Å². The Labute approximate surface area is 54.4 Å². The van der Waals surface area contributed by atoms with E-state index in [0.717, 1.165) is 0 Å². The van der Waals surface area contributed by atoms with Gasteiger partial charge in [0.1, 0.15) is 5.83 Å². The number of allylic oxidation sites excluding steroid dienone is 4. The van der Waals surface area contributed by atoms with E-state index in [4.69, 9.17) is 5.73 Å². The molecule has 1 nitrogen and oxygen atoms in total. The Bertz CT molecular complexity index is 136. The average molecular weight is 127 g/mol. The normalized spacial score (nSPS) is 12.4. The van der Waals surface area contributed by atoms with E-state index in [1.54, 1.807) is 0 Å². The molecule has 0 aromatic rings. The maximum absolute atomic E-state index is 12.2. The first-order valence-electron chi connectivity index (χ1n) is 2.66. The van der Waals surface area contributed by atoms with Crippen LogP contribution in [-0.2, 0) is 0 Å². The quantitative estimate of drug-likeness (QED) is 0.572. The van der Waals surface area contributed by atoms with E-state index in [1.807, 2.05) is 0 Å². The van der Waals surface area contributed by atoms with Gasteiger partial charge < -0.3 is 5.73 Å². The third kappa shape index (κ3) is 4.97. The van der Waals surface area contributed by atoms with Gasteiger partial charge in [0.2, 0.25) is 0 Å². The van der Waals surface area contributed by atoms with Crippen LogP contribution in [0.4, 0.5) is 4.39 Å². The fourth-order valence-corrected chi connectivity index (χ4v) is 0.341. The highest BCUT2D eigenvalue weighted by molar-refractivity contribution is 5.15. The zero-order chi connectivity index (χ0) is 7.11. The van der Waals surface area contributed by atoms with Gasteiger partial charge in [0.25, 0.3) is 0 Å². The second-order valence-corrected chi connectivity index (χ2v) is 1.42. The van der Waals surface area contributed by atoms with Gasteiger partial charge in [-0.15, -0.1) is 0 Å². The first-order chi connectivity index (χ1) is 4.31. The van der Waals surface area contributed by atoms with E-state index in [-0.39, 0.29) is 12.4 Å². The third-order valence-corrected chi connectivity index (χ3v) is 0.704. The molecule has 2 N–H and O–H groups in total. The summed E-state index contributed by atoms with van der Waals surface area (Å²) in [6.07, 6.45) is 5.62. The summed E-state index contributed by atoms with van der Waals surface area (Å²) >= 11 is 0. The van der Waals surface area contributed by atoms with Crippen LogP contribution in [-0.4, -0.2) is 6.54 Å². The summed E-state index contributed by atoms with van der Waals surface area (Å²) in [5.74, 6) is -0.322. The summed E-state index contributed by atoms with van der Waals surface area (Å²) in [4.78, 5) is 0. The highest BCUT2D eigenvalue weighted by Crippen LogP contribution is 1.95. The minimum Gasteiger partial charge on any atom is -0.327 e. The molecule has 0 unspecified atom stereocenters. The SMILES string of the molecule is C=C/C=C\C(F)=C/CN. The van der Waals surface area contributed by atoms with E-state index in [9.17, 15) is 4.39 Å². The molecule has 0 saturated heterocycles. The predicted octanol–water partition coefficient (Wildman–Crippen LogP) is 1.54. The monoisotopic (exact) mass is 127 g/mol. The molecule has 0 aliphatic heterocycles. The van der Waals surface area contributed by atoms with Crippen LogP contribution in [0.25, 0.3) is 0 Å². The zero-order valence-electron chi connectivity index (χ0n) is 5.18. The first kappa shape index (κ1) is 8.11. The lowest BCUT2D eigenvalue weighted by Crippen LogP contribution is -1.92. The van der Waals surface area contributed by atoms with E-state index in [2.05, 4.69) is 6.58 Å². The second-order valence-electron chi connectivity index (χ2n) is 1.42. The number of halogens is 1. The van der Waals surface area contributed by atoms with Crippen molar-refractivity contribution in [3.05, 3.63) is 36.7 Å². The lowest BCUT2D eigenvalue weighted by molar-refractivity contribution is 0.663. The molecular formula is C7H10FN. The van der Waals surface area contributed by atoms with E-state index in [1.165, 1.54) is 24.3 Å². The molecule has 50 valence electrons.